The molecule has 1 aromatic carbocycles. The highest BCUT2D eigenvalue weighted by Crippen LogP contribution is 2.31. The molecule has 5 nitrogen and oxygen atoms in total. The quantitative estimate of drug-likeness (QED) is 0.780. The van der Waals surface area contributed by atoms with Gasteiger partial charge in [-0.3, -0.25) is 0 Å². The van der Waals surface area contributed by atoms with E-state index in [1.54, 1.807) is 23.7 Å². The number of carboxylic acids is 1. The predicted octanol–water partition coefficient (Wildman–Crippen LogP) is 3.73. The summed E-state index contributed by atoms with van der Waals surface area (Å²) in [6, 6.07) is 7.19. The summed E-state index contributed by atoms with van der Waals surface area (Å²) in [6.45, 7) is 1.74. The van der Waals surface area contributed by atoms with Crippen LogP contribution < -0.4 is 0 Å². The molecule has 0 saturated heterocycles. The van der Waals surface area contributed by atoms with Gasteiger partial charge in [0.1, 0.15) is 0 Å². The van der Waals surface area contributed by atoms with Crippen LogP contribution in [0.1, 0.15) is 16.1 Å². The Bertz CT molecular complexity index is 874. The van der Waals surface area contributed by atoms with Gasteiger partial charge in [-0.25, -0.2) is 14.5 Å². The lowest BCUT2D eigenvalue weighted by Gasteiger charge is -2.05. The smallest absolute Gasteiger partial charge is 0.338 e. The summed E-state index contributed by atoms with van der Waals surface area (Å²) < 4.78 is 1.56. The molecule has 2 heterocycles. The first kappa shape index (κ1) is 13.9. The van der Waals surface area contributed by atoms with Crippen LogP contribution in [-0.2, 0) is 0 Å². The molecular formula is C14H9Cl2N3O2. The molecule has 1 N–H and O–H groups in total. The Morgan fingerprint density at radius 2 is 2.00 bits per heavy atom. The Morgan fingerprint density at radius 3 is 2.67 bits per heavy atom. The molecule has 0 aliphatic rings. The van der Waals surface area contributed by atoms with E-state index in [2.05, 4.69) is 10.1 Å². The number of aromatic nitrogens is 3. The minimum atomic E-state index is -1.13. The number of nitrogens with zero attached hydrogens (tertiary/aromatic N) is 3. The molecular weight excluding hydrogens is 313 g/mol. The SMILES string of the molecule is Cc1nn(-c2ccccc2Cl)c2ncc(C(=O)O)c(Cl)c12. The number of benzene rings is 1. The van der Waals surface area contributed by atoms with E-state index in [0.717, 1.165) is 0 Å². The van der Waals surface area contributed by atoms with Crippen molar-refractivity contribution in [3.05, 3.63) is 51.8 Å². The van der Waals surface area contributed by atoms with Crippen molar-refractivity contribution in [3.8, 4) is 5.69 Å². The second-order valence-electron chi connectivity index (χ2n) is 4.44. The maximum absolute atomic E-state index is 11.1. The molecule has 0 fully saturated rings. The van der Waals surface area contributed by atoms with Gasteiger partial charge in [-0.15, -0.1) is 0 Å². The van der Waals surface area contributed by atoms with Crippen molar-refractivity contribution >= 4 is 40.2 Å². The van der Waals surface area contributed by atoms with Crippen LogP contribution in [0.2, 0.25) is 10.0 Å². The summed E-state index contributed by atoms with van der Waals surface area (Å²) in [5.74, 6) is -1.13. The van der Waals surface area contributed by atoms with Gasteiger partial charge in [0.25, 0.3) is 0 Å². The third-order valence-corrected chi connectivity index (χ3v) is 3.83. The van der Waals surface area contributed by atoms with Gasteiger partial charge in [0, 0.05) is 6.20 Å². The van der Waals surface area contributed by atoms with Crippen LogP contribution >= 0.6 is 23.2 Å². The molecule has 21 heavy (non-hydrogen) atoms. The lowest BCUT2D eigenvalue weighted by atomic mass is 10.2. The third kappa shape index (κ3) is 2.14. The number of halogens is 2. The summed E-state index contributed by atoms with van der Waals surface area (Å²) in [5.41, 5.74) is 1.66. The van der Waals surface area contributed by atoms with E-state index in [4.69, 9.17) is 28.3 Å². The van der Waals surface area contributed by atoms with E-state index in [0.29, 0.717) is 27.4 Å². The highest BCUT2D eigenvalue weighted by atomic mass is 35.5. The van der Waals surface area contributed by atoms with Gasteiger partial charge in [-0.05, 0) is 19.1 Å². The maximum atomic E-state index is 11.1. The fourth-order valence-electron chi connectivity index (χ4n) is 2.15. The summed E-state index contributed by atoms with van der Waals surface area (Å²) in [6.07, 6.45) is 1.22. The summed E-state index contributed by atoms with van der Waals surface area (Å²) >= 11 is 12.3. The number of carbonyl (C=O) groups is 1. The van der Waals surface area contributed by atoms with E-state index in [1.165, 1.54) is 6.20 Å². The summed E-state index contributed by atoms with van der Waals surface area (Å²) in [5, 5.41) is 14.6. The number of para-hydroxylation sites is 1. The van der Waals surface area contributed by atoms with Crippen molar-refractivity contribution in [2.75, 3.05) is 0 Å². The van der Waals surface area contributed by atoms with Crippen LogP contribution in [0.4, 0.5) is 0 Å². The molecule has 0 atom stereocenters. The summed E-state index contributed by atoms with van der Waals surface area (Å²) in [7, 11) is 0. The van der Waals surface area contributed by atoms with Crippen molar-refractivity contribution in [2.45, 2.75) is 6.92 Å². The molecule has 0 radical (unpaired) electrons. The second-order valence-corrected chi connectivity index (χ2v) is 5.22. The highest BCUT2D eigenvalue weighted by Gasteiger charge is 2.20. The number of aromatic carboxylic acids is 1. The van der Waals surface area contributed by atoms with Crippen LogP contribution in [0.25, 0.3) is 16.7 Å². The second kappa shape index (κ2) is 5.02. The number of hydrogen-bond donors (Lipinski definition) is 1. The molecule has 2 aromatic heterocycles. The fraction of sp³-hybridized carbons (Fsp3) is 0.0714. The van der Waals surface area contributed by atoms with Gasteiger partial charge in [-0.2, -0.15) is 5.10 Å². The molecule has 0 amide bonds. The zero-order valence-electron chi connectivity index (χ0n) is 10.8. The molecule has 0 unspecified atom stereocenters. The van der Waals surface area contributed by atoms with E-state index < -0.39 is 5.97 Å². The fourth-order valence-corrected chi connectivity index (χ4v) is 2.72. The first-order valence-corrected chi connectivity index (χ1v) is 6.78. The van der Waals surface area contributed by atoms with E-state index >= 15 is 0 Å². The molecule has 0 aliphatic heterocycles. The Morgan fingerprint density at radius 1 is 1.29 bits per heavy atom. The van der Waals surface area contributed by atoms with Crippen molar-refractivity contribution < 1.29 is 9.90 Å². The number of aryl methyl sites for hydroxylation is 1. The minimum Gasteiger partial charge on any atom is -0.478 e. The molecule has 3 rings (SSSR count). The van der Waals surface area contributed by atoms with Crippen LogP contribution in [0.15, 0.2) is 30.5 Å². The largest absolute Gasteiger partial charge is 0.478 e. The standard InChI is InChI=1S/C14H9Cl2N3O2/c1-7-11-12(16)8(14(20)21)6-17-13(11)19(18-7)10-5-3-2-4-9(10)15/h2-6H,1H3,(H,20,21). The van der Waals surface area contributed by atoms with Crippen LogP contribution in [0.3, 0.4) is 0 Å². The van der Waals surface area contributed by atoms with Crippen LogP contribution in [0, 0.1) is 6.92 Å². The van der Waals surface area contributed by atoms with Gasteiger partial charge >= 0.3 is 5.97 Å². The number of hydrogen-bond acceptors (Lipinski definition) is 3. The number of carboxylic acid groups (broad SMARTS) is 1. The molecule has 7 heteroatoms. The van der Waals surface area contributed by atoms with Gasteiger partial charge in [-0.1, -0.05) is 35.3 Å². The average Bonchev–Trinajstić information content (AvgIpc) is 2.77. The Balaban J connectivity index is 2.36. The first-order chi connectivity index (χ1) is 10.0. The Hall–Kier alpha value is -2.11. The number of fused-ring (bicyclic) bond motifs is 1. The molecule has 0 bridgehead atoms. The van der Waals surface area contributed by atoms with Crippen molar-refractivity contribution in [1.82, 2.24) is 14.8 Å². The predicted molar refractivity (Wildman–Crippen MR) is 80.6 cm³/mol. The highest BCUT2D eigenvalue weighted by molar-refractivity contribution is 6.38. The molecule has 106 valence electrons. The van der Waals surface area contributed by atoms with Gasteiger partial charge < -0.3 is 5.11 Å². The monoisotopic (exact) mass is 321 g/mol. The van der Waals surface area contributed by atoms with Gasteiger partial charge in [0.05, 0.1) is 32.4 Å². The Kier molecular flexibility index (Phi) is 3.31. The zero-order chi connectivity index (χ0) is 15.1. The topological polar surface area (TPSA) is 68.0 Å². The van der Waals surface area contributed by atoms with E-state index in [1.807, 2.05) is 12.1 Å². The molecule has 3 aromatic rings. The van der Waals surface area contributed by atoms with E-state index in [9.17, 15) is 4.79 Å². The molecule has 0 spiro atoms. The zero-order valence-corrected chi connectivity index (χ0v) is 12.4. The Labute approximate surface area is 129 Å². The lowest BCUT2D eigenvalue weighted by molar-refractivity contribution is 0.0697. The first-order valence-electron chi connectivity index (χ1n) is 6.02. The van der Waals surface area contributed by atoms with Gasteiger partial charge in [0.15, 0.2) is 5.65 Å². The van der Waals surface area contributed by atoms with Crippen LogP contribution in [-0.4, -0.2) is 25.8 Å². The molecule has 0 saturated carbocycles. The molecule has 0 aliphatic carbocycles. The number of rotatable bonds is 2. The normalized spacial score (nSPS) is 11.0. The third-order valence-electron chi connectivity index (χ3n) is 3.12. The summed E-state index contributed by atoms with van der Waals surface area (Å²) in [4.78, 5) is 15.3. The van der Waals surface area contributed by atoms with Crippen molar-refractivity contribution in [1.29, 1.82) is 0 Å². The van der Waals surface area contributed by atoms with Crippen LogP contribution in [0.5, 0.6) is 0 Å². The average molecular weight is 322 g/mol. The van der Waals surface area contributed by atoms with E-state index in [-0.39, 0.29) is 10.6 Å². The van der Waals surface area contributed by atoms with Crippen molar-refractivity contribution in [2.24, 2.45) is 0 Å². The van der Waals surface area contributed by atoms with Gasteiger partial charge in [0.2, 0.25) is 0 Å². The lowest BCUT2D eigenvalue weighted by Crippen LogP contribution is -2.01. The maximum Gasteiger partial charge on any atom is 0.338 e. The minimum absolute atomic E-state index is 0.0500. The number of pyridine rings is 1. The van der Waals surface area contributed by atoms with Crippen molar-refractivity contribution in [3.63, 3.8) is 0 Å².